The third kappa shape index (κ3) is 2.49. The SMILES string of the molecule is NC(=S)c1ccc(C(=O)N2CCCC3C(=O)NCC32)nc1. The second-order valence-corrected chi connectivity index (χ2v) is 5.80. The summed E-state index contributed by atoms with van der Waals surface area (Å²) >= 11 is 4.87. The molecule has 1 aromatic heterocycles. The molecule has 3 N–H and O–H groups in total. The second kappa shape index (κ2) is 5.40. The maximum Gasteiger partial charge on any atom is 0.272 e. The van der Waals surface area contributed by atoms with Crippen molar-refractivity contribution in [2.75, 3.05) is 13.1 Å². The first-order valence-corrected chi connectivity index (χ1v) is 7.33. The average molecular weight is 304 g/mol. The van der Waals surface area contributed by atoms with Gasteiger partial charge in [0.05, 0.1) is 12.0 Å². The Balaban J connectivity index is 1.81. The highest BCUT2D eigenvalue weighted by Crippen LogP contribution is 2.28. The molecule has 2 unspecified atom stereocenters. The molecule has 0 radical (unpaired) electrons. The lowest BCUT2D eigenvalue weighted by atomic mass is 9.91. The van der Waals surface area contributed by atoms with E-state index < -0.39 is 0 Å². The minimum Gasteiger partial charge on any atom is -0.389 e. The highest BCUT2D eigenvalue weighted by Gasteiger charge is 2.42. The van der Waals surface area contributed by atoms with Crippen molar-refractivity contribution < 1.29 is 9.59 Å². The molecule has 2 amide bonds. The molecule has 2 atom stereocenters. The van der Waals surface area contributed by atoms with Crippen molar-refractivity contribution in [1.29, 1.82) is 0 Å². The quantitative estimate of drug-likeness (QED) is 0.755. The summed E-state index contributed by atoms with van der Waals surface area (Å²) in [7, 11) is 0. The predicted octanol–water partition coefficient (Wildman–Crippen LogP) is 0.0664. The number of hydrogen-bond donors (Lipinski definition) is 2. The lowest BCUT2D eigenvalue weighted by Crippen LogP contribution is -2.48. The van der Waals surface area contributed by atoms with Crippen LogP contribution in [0.5, 0.6) is 0 Å². The Hall–Kier alpha value is -2.02. The van der Waals surface area contributed by atoms with Gasteiger partial charge in [0.1, 0.15) is 10.7 Å². The molecule has 0 bridgehead atoms. The summed E-state index contributed by atoms with van der Waals surface area (Å²) in [6.07, 6.45) is 3.19. The van der Waals surface area contributed by atoms with Crippen molar-refractivity contribution in [3.05, 3.63) is 29.6 Å². The minimum atomic E-state index is -0.143. The van der Waals surface area contributed by atoms with E-state index in [0.29, 0.717) is 24.3 Å². The molecule has 2 aliphatic rings. The van der Waals surface area contributed by atoms with Crippen molar-refractivity contribution >= 4 is 29.0 Å². The van der Waals surface area contributed by atoms with Crippen molar-refractivity contribution in [2.45, 2.75) is 18.9 Å². The van der Waals surface area contributed by atoms with Crippen LogP contribution in [0.25, 0.3) is 0 Å². The first kappa shape index (κ1) is 13.9. The summed E-state index contributed by atoms with van der Waals surface area (Å²) in [5, 5.41) is 2.84. The molecular formula is C14H16N4O2S. The molecular weight excluding hydrogens is 288 g/mol. The highest BCUT2D eigenvalue weighted by molar-refractivity contribution is 7.80. The number of nitrogens with two attached hydrogens (primary N) is 1. The van der Waals surface area contributed by atoms with Gasteiger partial charge in [-0.15, -0.1) is 0 Å². The number of aromatic nitrogens is 1. The fourth-order valence-electron chi connectivity index (χ4n) is 3.02. The van der Waals surface area contributed by atoms with Crippen LogP contribution in [0.4, 0.5) is 0 Å². The van der Waals surface area contributed by atoms with Crippen LogP contribution >= 0.6 is 12.2 Å². The molecule has 2 aliphatic heterocycles. The monoisotopic (exact) mass is 304 g/mol. The number of rotatable bonds is 2. The molecule has 0 saturated carbocycles. The maximum atomic E-state index is 12.6. The Morgan fingerprint density at radius 2 is 2.29 bits per heavy atom. The average Bonchev–Trinajstić information content (AvgIpc) is 2.88. The lowest BCUT2D eigenvalue weighted by Gasteiger charge is -2.35. The van der Waals surface area contributed by atoms with Gasteiger partial charge in [-0.1, -0.05) is 12.2 Å². The number of hydrogen-bond acceptors (Lipinski definition) is 4. The number of carbonyl (C=O) groups is 2. The molecule has 7 heteroatoms. The van der Waals surface area contributed by atoms with Crippen LogP contribution in [-0.4, -0.2) is 45.8 Å². The van der Waals surface area contributed by atoms with E-state index in [-0.39, 0.29) is 28.8 Å². The van der Waals surface area contributed by atoms with Crippen LogP contribution in [0, 0.1) is 5.92 Å². The first-order valence-electron chi connectivity index (χ1n) is 6.92. The van der Waals surface area contributed by atoms with Crippen LogP contribution in [0.15, 0.2) is 18.3 Å². The Bertz CT molecular complexity index is 601. The standard InChI is InChI=1S/C14H16N4O2S/c15-12(21)8-3-4-10(16-6-8)14(20)18-5-1-2-9-11(18)7-17-13(9)19/h3-4,6,9,11H,1-2,5,7H2,(H2,15,21)(H,17,19). The molecule has 6 nitrogen and oxygen atoms in total. The first-order chi connectivity index (χ1) is 10.1. The van der Waals surface area contributed by atoms with Gasteiger partial charge in [0.15, 0.2) is 0 Å². The van der Waals surface area contributed by atoms with Crippen LogP contribution in [0.2, 0.25) is 0 Å². The van der Waals surface area contributed by atoms with Gasteiger partial charge in [-0.25, -0.2) is 0 Å². The molecule has 110 valence electrons. The van der Waals surface area contributed by atoms with Gasteiger partial charge in [0, 0.05) is 24.8 Å². The topological polar surface area (TPSA) is 88.3 Å². The van der Waals surface area contributed by atoms with E-state index in [0.717, 1.165) is 12.8 Å². The summed E-state index contributed by atoms with van der Waals surface area (Å²) in [5.41, 5.74) is 6.51. The Morgan fingerprint density at radius 1 is 1.48 bits per heavy atom. The van der Waals surface area contributed by atoms with Gasteiger partial charge in [-0.3, -0.25) is 14.6 Å². The van der Waals surface area contributed by atoms with Gasteiger partial charge < -0.3 is 16.0 Å². The maximum absolute atomic E-state index is 12.6. The smallest absolute Gasteiger partial charge is 0.272 e. The number of nitrogens with zero attached hydrogens (tertiary/aromatic N) is 2. The van der Waals surface area contributed by atoms with Crippen LogP contribution in [0.3, 0.4) is 0 Å². The lowest BCUT2D eigenvalue weighted by molar-refractivity contribution is -0.123. The molecule has 0 spiro atoms. The van der Waals surface area contributed by atoms with E-state index in [2.05, 4.69) is 10.3 Å². The third-order valence-corrected chi connectivity index (χ3v) is 4.36. The fourth-order valence-corrected chi connectivity index (χ4v) is 3.14. The second-order valence-electron chi connectivity index (χ2n) is 5.36. The van der Waals surface area contributed by atoms with Crippen LogP contribution < -0.4 is 11.1 Å². The van der Waals surface area contributed by atoms with Crippen molar-refractivity contribution in [2.24, 2.45) is 11.7 Å². The molecule has 1 aromatic rings. The van der Waals surface area contributed by atoms with Gasteiger partial charge in [-0.05, 0) is 25.0 Å². The Labute approximate surface area is 127 Å². The number of nitrogens with one attached hydrogen (secondary N) is 1. The number of amides is 2. The summed E-state index contributed by atoms with van der Waals surface area (Å²) in [6, 6.07) is 3.27. The zero-order valence-corrected chi connectivity index (χ0v) is 12.2. The van der Waals surface area contributed by atoms with E-state index >= 15 is 0 Å². The van der Waals surface area contributed by atoms with Crippen molar-refractivity contribution in [3.63, 3.8) is 0 Å². The number of thiocarbonyl (C=S) groups is 1. The van der Waals surface area contributed by atoms with Gasteiger partial charge in [-0.2, -0.15) is 0 Å². The van der Waals surface area contributed by atoms with E-state index in [9.17, 15) is 9.59 Å². The summed E-state index contributed by atoms with van der Waals surface area (Å²) in [4.78, 5) is 30.5. The zero-order valence-electron chi connectivity index (χ0n) is 11.4. The van der Waals surface area contributed by atoms with Gasteiger partial charge >= 0.3 is 0 Å². The van der Waals surface area contributed by atoms with Crippen LogP contribution in [-0.2, 0) is 4.79 Å². The molecule has 21 heavy (non-hydrogen) atoms. The normalized spacial score (nSPS) is 24.4. The van der Waals surface area contributed by atoms with Crippen LogP contribution in [0.1, 0.15) is 28.9 Å². The zero-order chi connectivity index (χ0) is 15.0. The third-order valence-electron chi connectivity index (χ3n) is 4.13. The van der Waals surface area contributed by atoms with E-state index in [1.54, 1.807) is 17.0 Å². The summed E-state index contributed by atoms with van der Waals surface area (Å²) in [6.45, 7) is 1.19. The van der Waals surface area contributed by atoms with Gasteiger partial charge in [0.2, 0.25) is 5.91 Å². The summed E-state index contributed by atoms with van der Waals surface area (Å²) < 4.78 is 0. The highest BCUT2D eigenvalue weighted by atomic mass is 32.1. The number of piperidine rings is 1. The molecule has 2 saturated heterocycles. The number of carbonyl (C=O) groups excluding carboxylic acids is 2. The van der Waals surface area contributed by atoms with E-state index in [4.69, 9.17) is 18.0 Å². The van der Waals surface area contributed by atoms with E-state index in [1.807, 2.05) is 0 Å². The molecule has 3 heterocycles. The Morgan fingerprint density at radius 3 is 2.95 bits per heavy atom. The fraction of sp³-hybridized carbons (Fsp3) is 0.429. The number of fused-ring (bicyclic) bond motifs is 1. The molecule has 0 aliphatic carbocycles. The predicted molar refractivity (Wildman–Crippen MR) is 80.7 cm³/mol. The Kier molecular flexibility index (Phi) is 3.59. The largest absolute Gasteiger partial charge is 0.389 e. The van der Waals surface area contributed by atoms with Crippen molar-refractivity contribution in [3.8, 4) is 0 Å². The molecule has 3 rings (SSSR count). The molecule has 0 aromatic carbocycles. The number of likely N-dealkylation sites (tertiary alicyclic amines) is 1. The van der Waals surface area contributed by atoms with Crippen molar-refractivity contribution in [1.82, 2.24) is 15.2 Å². The van der Waals surface area contributed by atoms with E-state index in [1.165, 1.54) is 6.20 Å². The minimum absolute atomic E-state index is 0.0503. The number of pyridine rings is 1. The van der Waals surface area contributed by atoms with Gasteiger partial charge in [0.25, 0.3) is 5.91 Å². The summed E-state index contributed by atoms with van der Waals surface area (Å²) in [5.74, 6) is -0.177. The molecule has 2 fully saturated rings.